The second kappa shape index (κ2) is 5.16. The van der Waals surface area contributed by atoms with Gasteiger partial charge in [-0.25, -0.2) is 4.79 Å². The van der Waals surface area contributed by atoms with E-state index in [0.717, 1.165) is 24.1 Å². The van der Waals surface area contributed by atoms with Crippen LogP contribution in [0.15, 0.2) is 6.20 Å². The number of ketones is 1. The Hall–Kier alpha value is -1.85. The van der Waals surface area contributed by atoms with Crippen LogP contribution >= 0.6 is 0 Å². The number of nitrogens with one attached hydrogen (secondary N) is 1. The summed E-state index contributed by atoms with van der Waals surface area (Å²) in [5, 5.41) is 15.8. The van der Waals surface area contributed by atoms with E-state index in [1.807, 2.05) is 32.4 Å². The van der Waals surface area contributed by atoms with Crippen molar-refractivity contribution < 1.29 is 14.7 Å². The van der Waals surface area contributed by atoms with Gasteiger partial charge in [-0.3, -0.25) is 9.48 Å². The molecular formula is C15H23N3O3. The van der Waals surface area contributed by atoms with Gasteiger partial charge in [0.2, 0.25) is 0 Å². The number of hydrogen-bond acceptors (Lipinski definition) is 3. The molecule has 1 aromatic heterocycles. The SMILES string of the molecule is Cc1c(CC(C)(C)NC(=O)O)cnn1C1(C)CCCC1=O. The molecule has 0 spiro atoms. The van der Waals surface area contributed by atoms with Crippen molar-refractivity contribution in [1.82, 2.24) is 15.1 Å². The van der Waals surface area contributed by atoms with E-state index in [1.165, 1.54) is 0 Å². The predicted octanol–water partition coefficient (Wildman–Crippen LogP) is 2.25. The Morgan fingerprint density at radius 3 is 2.76 bits per heavy atom. The topological polar surface area (TPSA) is 84.2 Å². The molecule has 1 saturated carbocycles. The Kier molecular flexibility index (Phi) is 3.82. The number of carbonyl (C=O) groups is 2. The third-order valence-electron chi connectivity index (χ3n) is 4.32. The van der Waals surface area contributed by atoms with Crippen LogP contribution in [0.3, 0.4) is 0 Å². The molecule has 0 aliphatic heterocycles. The molecule has 6 heteroatoms. The van der Waals surface area contributed by atoms with Gasteiger partial charge in [-0.05, 0) is 52.5 Å². The zero-order chi connectivity index (χ0) is 15.8. The Morgan fingerprint density at radius 1 is 1.57 bits per heavy atom. The van der Waals surface area contributed by atoms with Gasteiger partial charge in [0.25, 0.3) is 0 Å². The lowest BCUT2D eigenvalue weighted by molar-refractivity contribution is -0.124. The van der Waals surface area contributed by atoms with Crippen molar-refractivity contribution in [2.75, 3.05) is 0 Å². The van der Waals surface area contributed by atoms with Gasteiger partial charge in [-0.15, -0.1) is 0 Å². The minimum Gasteiger partial charge on any atom is -0.465 e. The molecule has 1 heterocycles. The molecule has 1 aliphatic rings. The number of Topliss-reactive ketones (excluding diaryl/α,β-unsaturated/α-hetero) is 1. The van der Waals surface area contributed by atoms with Crippen molar-refractivity contribution in [3.63, 3.8) is 0 Å². The van der Waals surface area contributed by atoms with E-state index in [4.69, 9.17) is 5.11 Å². The van der Waals surface area contributed by atoms with Gasteiger partial charge in [-0.1, -0.05) is 0 Å². The van der Waals surface area contributed by atoms with Crippen molar-refractivity contribution in [3.05, 3.63) is 17.5 Å². The fourth-order valence-corrected chi connectivity index (χ4v) is 3.15. The van der Waals surface area contributed by atoms with E-state index in [-0.39, 0.29) is 5.78 Å². The average Bonchev–Trinajstić information content (AvgIpc) is 2.84. The summed E-state index contributed by atoms with van der Waals surface area (Å²) in [7, 11) is 0. The van der Waals surface area contributed by atoms with Crippen molar-refractivity contribution in [2.45, 2.75) is 64.5 Å². The lowest BCUT2D eigenvalue weighted by atomic mass is 9.94. The molecule has 0 saturated heterocycles. The molecule has 21 heavy (non-hydrogen) atoms. The Labute approximate surface area is 124 Å². The standard InChI is InChI=1S/C15H23N3O3/c1-10-11(8-14(2,3)17-13(20)21)9-16-18(10)15(4)7-5-6-12(15)19/h9,17H,5-8H2,1-4H3,(H,20,21). The summed E-state index contributed by atoms with van der Waals surface area (Å²) in [4.78, 5) is 23.0. The van der Waals surface area contributed by atoms with Gasteiger partial charge in [0.1, 0.15) is 5.54 Å². The van der Waals surface area contributed by atoms with Crippen LogP contribution in [0, 0.1) is 6.92 Å². The average molecular weight is 293 g/mol. The highest BCUT2D eigenvalue weighted by Gasteiger charge is 2.41. The summed E-state index contributed by atoms with van der Waals surface area (Å²) in [5.41, 5.74) is 0.778. The lowest BCUT2D eigenvalue weighted by Gasteiger charge is -2.26. The molecular weight excluding hydrogens is 270 g/mol. The fourth-order valence-electron chi connectivity index (χ4n) is 3.15. The summed E-state index contributed by atoms with van der Waals surface area (Å²) in [5.74, 6) is 0.225. The predicted molar refractivity (Wildman–Crippen MR) is 78.4 cm³/mol. The van der Waals surface area contributed by atoms with E-state index in [9.17, 15) is 9.59 Å². The molecule has 0 radical (unpaired) electrons. The molecule has 2 N–H and O–H groups in total. The van der Waals surface area contributed by atoms with Gasteiger partial charge >= 0.3 is 6.09 Å². The van der Waals surface area contributed by atoms with Gasteiger partial charge in [-0.2, -0.15) is 5.10 Å². The van der Waals surface area contributed by atoms with Crippen molar-refractivity contribution in [2.24, 2.45) is 0 Å². The molecule has 0 bridgehead atoms. The maximum Gasteiger partial charge on any atom is 0.405 e. The number of carboxylic acid groups (broad SMARTS) is 1. The maximum absolute atomic E-state index is 12.1. The van der Waals surface area contributed by atoms with Gasteiger partial charge in [0.15, 0.2) is 5.78 Å². The summed E-state index contributed by atoms with van der Waals surface area (Å²) >= 11 is 0. The second-order valence-electron chi connectivity index (χ2n) is 6.71. The molecule has 1 aromatic rings. The highest BCUT2D eigenvalue weighted by Crippen LogP contribution is 2.34. The van der Waals surface area contributed by atoms with Crippen LogP contribution in [0.25, 0.3) is 0 Å². The summed E-state index contributed by atoms with van der Waals surface area (Å²) in [6.07, 6.45) is 3.56. The fraction of sp³-hybridized carbons (Fsp3) is 0.667. The normalized spacial score (nSPS) is 22.6. The number of carbonyl (C=O) groups excluding carboxylic acids is 1. The number of rotatable bonds is 4. The first-order valence-corrected chi connectivity index (χ1v) is 7.24. The molecule has 1 aliphatic carbocycles. The monoisotopic (exact) mass is 293 g/mol. The first-order chi connectivity index (χ1) is 9.66. The number of nitrogens with zero attached hydrogens (tertiary/aromatic N) is 2. The van der Waals surface area contributed by atoms with Crippen LogP contribution in [0.5, 0.6) is 0 Å². The van der Waals surface area contributed by atoms with Crippen LogP contribution in [-0.2, 0) is 16.8 Å². The zero-order valence-electron chi connectivity index (χ0n) is 13.1. The smallest absolute Gasteiger partial charge is 0.405 e. The van der Waals surface area contributed by atoms with E-state index in [1.54, 1.807) is 6.20 Å². The highest BCUT2D eigenvalue weighted by atomic mass is 16.4. The summed E-state index contributed by atoms with van der Waals surface area (Å²) in [6, 6.07) is 0. The first kappa shape index (κ1) is 15.5. The highest BCUT2D eigenvalue weighted by molar-refractivity contribution is 5.88. The van der Waals surface area contributed by atoms with Crippen molar-refractivity contribution in [1.29, 1.82) is 0 Å². The third-order valence-corrected chi connectivity index (χ3v) is 4.32. The third kappa shape index (κ3) is 2.94. The minimum absolute atomic E-state index is 0.225. The number of aromatic nitrogens is 2. The van der Waals surface area contributed by atoms with Gasteiger partial charge in [0.05, 0.1) is 6.20 Å². The first-order valence-electron chi connectivity index (χ1n) is 7.24. The van der Waals surface area contributed by atoms with Crippen molar-refractivity contribution in [3.8, 4) is 0 Å². The molecule has 116 valence electrons. The van der Waals surface area contributed by atoms with Crippen molar-refractivity contribution >= 4 is 11.9 Å². The largest absolute Gasteiger partial charge is 0.465 e. The van der Waals surface area contributed by atoms with Crippen LogP contribution in [0.1, 0.15) is 51.3 Å². The minimum atomic E-state index is -1.04. The molecule has 1 atom stereocenters. The van der Waals surface area contributed by atoms with Gasteiger partial charge in [0, 0.05) is 17.7 Å². The van der Waals surface area contributed by atoms with Crippen LogP contribution in [-0.4, -0.2) is 32.3 Å². The summed E-state index contributed by atoms with van der Waals surface area (Å²) < 4.78 is 1.81. The van der Waals surface area contributed by atoms with Gasteiger partial charge < -0.3 is 10.4 Å². The number of amides is 1. The Morgan fingerprint density at radius 2 is 2.24 bits per heavy atom. The van der Waals surface area contributed by atoms with E-state index < -0.39 is 17.2 Å². The van der Waals surface area contributed by atoms with Crippen LogP contribution < -0.4 is 5.32 Å². The number of hydrogen-bond donors (Lipinski definition) is 2. The molecule has 0 aromatic carbocycles. The molecule has 1 fully saturated rings. The van der Waals surface area contributed by atoms with Crippen LogP contribution in [0.4, 0.5) is 4.79 Å². The summed E-state index contributed by atoms with van der Waals surface area (Å²) in [6.45, 7) is 7.55. The molecule has 1 amide bonds. The zero-order valence-corrected chi connectivity index (χ0v) is 13.1. The van der Waals surface area contributed by atoms with E-state index in [0.29, 0.717) is 12.8 Å². The molecule has 1 unspecified atom stereocenters. The molecule has 6 nitrogen and oxygen atoms in total. The quantitative estimate of drug-likeness (QED) is 0.891. The van der Waals surface area contributed by atoms with E-state index in [2.05, 4.69) is 10.4 Å². The lowest BCUT2D eigenvalue weighted by Crippen LogP contribution is -2.44. The van der Waals surface area contributed by atoms with Crippen LogP contribution in [0.2, 0.25) is 0 Å². The maximum atomic E-state index is 12.1. The Bertz CT molecular complexity index is 577. The Balaban J connectivity index is 2.25. The van der Waals surface area contributed by atoms with E-state index >= 15 is 0 Å². The second-order valence-corrected chi connectivity index (χ2v) is 6.71. The molecule has 2 rings (SSSR count).